The van der Waals surface area contributed by atoms with Crippen LogP contribution in [0.15, 0.2) is 60.7 Å². The van der Waals surface area contributed by atoms with Gasteiger partial charge in [0.15, 0.2) is 5.65 Å². The second-order valence-corrected chi connectivity index (χ2v) is 4.43. The van der Waals surface area contributed by atoms with E-state index < -0.39 is 0 Å². The maximum absolute atomic E-state index is 12.3. The van der Waals surface area contributed by atoms with Gasteiger partial charge in [0, 0.05) is 18.1 Å². The van der Waals surface area contributed by atoms with Crippen LogP contribution in [0, 0.1) is 0 Å². The molecule has 0 fully saturated rings. The summed E-state index contributed by atoms with van der Waals surface area (Å²) in [6.45, 7) is 0. The van der Waals surface area contributed by atoms with Gasteiger partial charge in [0.1, 0.15) is 5.56 Å². The van der Waals surface area contributed by atoms with Crippen LogP contribution in [0.2, 0.25) is 0 Å². The van der Waals surface area contributed by atoms with Gasteiger partial charge in [0.05, 0.1) is 6.20 Å². The highest BCUT2D eigenvalue weighted by atomic mass is 16.1. The van der Waals surface area contributed by atoms with Crippen LogP contribution < -0.4 is 5.32 Å². The predicted octanol–water partition coefficient (Wildman–Crippen LogP) is 2.25. The molecule has 0 bridgehead atoms. The van der Waals surface area contributed by atoms with Crippen molar-refractivity contribution in [3.8, 4) is 0 Å². The first-order chi connectivity index (χ1) is 9.84. The number of carbonyl (C=O) groups excluding carboxylic acids is 1. The number of hydrogen-bond acceptors (Lipinski definition) is 3. The first kappa shape index (κ1) is 12.3. The van der Waals surface area contributed by atoms with Crippen LogP contribution in [0.3, 0.4) is 0 Å². The van der Waals surface area contributed by atoms with Crippen LogP contribution in [0.5, 0.6) is 0 Å². The van der Waals surface area contributed by atoms with E-state index in [4.69, 9.17) is 0 Å². The highest BCUT2D eigenvalue weighted by Crippen LogP contribution is 2.09. The molecule has 5 nitrogen and oxygen atoms in total. The zero-order valence-corrected chi connectivity index (χ0v) is 10.9. The van der Waals surface area contributed by atoms with Crippen molar-refractivity contribution < 1.29 is 4.79 Å². The SMILES string of the molecule is O=C(NC1=C/C=C\CC/C=C\1)c1cnn2cccnc12. The van der Waals surface area contributed by atoms with Gasteiger partial charge in [-0.2, -0.15) is 5.10 Å². The van der Waals surface area contributed by atoms with E-state index in [-0.39, 0.29) is 5.91 Å². The van der Waals surface area contributed by atoms with E-state index in [0.29, 0.717) is 11.2 Å². The normalized spacial score (nSPS) is 20.5. The minimum Gasteiger partial charge on any atom is -0.322 e. The lowest BCUT2D eigenvalue weighted by Crippen LogP contribution is -2.22. The van der Waals surface area contributed by atoms with Crippen molar-refractivity contribution in [1.29, 1.82) is 0 Å². The molecule has 0 spiro atoms. The Kier molecular flexibility index (Phi) is 3.41. The van der Waals surface area contributed by atoms with Gasteiger partial charge in [-0.3, -0.25) is 4.79 Å². The van der Waals surface area contributed by atoms with Crippen LogP contribution in [-0.2, 0) is 0 Å². The summed E-state index contributed by atoms with van der Waals surface area (Å²) in [6, 6.07) is 1.77. The smallest absolute Gasteiger partial charge is 0.261 e. The van der Waals surface area contributed by atoms with Gasteiger partial charge in [0.25, 0.3) is 5.91 Å². The quantitative estimate of drug-likeness (QED) is 0.907. The molecule has 0 unspecified atom stereocenters. The molecule has 0 aliphatic heterocycles. The molecule has 1 N–H and O–H groups in total. The summed E-state index contributed by atoms with van der Waals surface area (Å²) >= 11 is 0. The minimum atomic E-state index is -0.205. The minimum absolute atomic E-state index is 0.205. The highest BCUT2D eigenvalue weighted by molar-refractivity contribution is 6.00. The van der Waals surface area contributed by atoms with Crippen molar-refractivity contribution >= 4 is 11.6 Å². The predicted molar refractivity (Wildman–Crippen MR) is 76.1 cm³/mol. The van der Waals surface area contributed by atoms with Crippen LogP contribution in [-0.4, -0.2) is 20.5 Å². The Labute approximate surface area is 116 Å². The second-order valence-electron chi connectivity index (χ2n) is 4.43. The molecule has 2 aromatic rings. The van der Waals surface area contributed by atoms with E-state index in [1.54, 1.807) is 23.0 Å². The molecule has 2 aromatic heterocycles. The Morgan fingerprint density at radius 1 is 1.30 bits per heavy atom. The highest BCUT2D eigenvalue weighted by Gasteiger charge is 2.13. The van der Waals surface area contributed by atoms with E-state index >= 15 is 0 Å². The fraction of sp³-hybridized carbons (Fsp3) is 0.133. The number of carbonyl (C=O) groups is 1. The molecule has 0 aromatic carbocycles. The number of aromatic nitrogens is 3. The Morgan fingerprint density at radius 2 is 2.20 bits per heavy atom. The van der Waals surface area contributed by atoms with Crippen molar-refractivity contribution in [2.24, 2.45) is 0 Å². The van der Waals surface area contributed by atoms with E-state index in [9.17, 15) is 4.79 Å². The molecule has 20 heavy (non-hydrogen) atoms. The standard InChI is InChI=1S/C15H14N4O/c20-15(18-12-7-4-2-1-3-5-8-12)13-11-17-19-10-6-9-16-14(13)19/h2,4-11H,1,3H2,(H,18,20)/b4-2-,8-5-,12-7+. The molecule has 0 atom stereocenters. The number of nitrogens with one attached hydrogen (secondary N) is 1. The topological polar surface area (TPSA) is 59.3 Å². The van der Waals surface area contributed by atoms with Gasteiger partial charge < -0.3 is 5.32 Å². The van der Waals surface area contributed by atoms with Crippen LogP contribution in [0.1, 0.15) is 23.2 Å². The Bertz CT molecular complexity index is 724. The Balaban J connectivity index is 1.86. The maximum atomic E-state index is 12.3. The Hall–Kier alpha value is -2.69. The number of fused-ring (bicyclic) bond motifs is 1. The van der Waals surface area contributed by atoms with E-state index in [1.807, 2.05) is 24.3 Å². The van der Waals surface area contributed by atoms with Gasteiger partial charge in [0.2, 0.25) is 0 Å². The summed E-state index contributed by atoms with van der Waals surface area (Å²) in [5.74, 6) is -0.205. The lowest BCUT2D eigenvalue weighted by atomic mass is 10.2. The molecule has 100 valence electrons. The maximum Gasteiger partial charge on any atom is 0.261 e. The third kappa shape index (κ3) is 2.51. The molecule has 3 rings (SSSR count). The first-order valence-corrected chi connectivity index (χ1v) is 6.48. The zero-order valence-electron chi connectivity index (χ0n) is 10.9. The summed E-state index contributed by atoms with van der Waals surface area (Å²) < 4.78 is 1.58. The van der Waals surface area contributed by atoms with E-state index in [2.05, 4.69) is 21.5 Å². The number of allylic oxidation sites excluding steroid dienone is 5. The van der Waals surface area contributed by atoms with Gasteiger partial charge in [-0.25, -0.2) is 9.50 Å². The zero-order chi connectivity index (χ0) is 13.8. The van der Waals surface area contributed by atoms with Gasteiger partial charge in [-0.1, -0.05) is 18.2 Å². The van der Waals surface area contributed by atoms with Crippen LogP contribution >= 0.6 is 0 Å². The first-order valence-electron chi connectivity index (χ1n) is 6.48. The van der Waals surface area contributed by atoms with Crippen molar-refractivity contribution in [2.45, 2.75) is 12.8 Å². The summed E-state index contributed by atoms with van der Waals surface area (Å²) in [5.41, 5.74) is 1.78. The number of amides is 1. The largest absolute Gasteiger partial charge is 0.322 e. The van der Waals surface area contributed by atoms with Crippen LogP contribution in [0.4, 0.5) is 0 Å². The number of rotatable bonds is 2. The molecular weight excluding hydrogens is 252 g/mol. The van der Waals surface area contributed by atoms with Gasteiger partial charge >= 0.3 is 0 Å². The molecule has 2 heterocycles. The molecule has 1 aliphatic rings. The van der Waals surface area contributed by atoms with E-state index in [1.165, 1.54) is 6.20 Å². The van der Waals surface area contributed by atoms with Gasteiger partial charge in [-0.15, -0.1) is 0 Å². The molecule has 1 amide bonds. The summed E-state index contributed by atoms with van der Waals surface area (Å²) in [7, 11) is 0. The van der Waals surface area contributed by atoms with E-state index in [0.717, 1.165) is 18.5 Å². The second kappa shape index (κ2) is 5.52. The number of hydrogen-bond donors (Lipinski definition) is 1. The fourth-order valence-corrected chi connectivity index (χ4v) is 2.00. The van der Waals surface area contributed by atoms with Crippen LogP contribution in [0.25, 0.3) is 5.65 Å². The molecule has 1 aliphatic carbocycles. The Morgan fingerprint density at radius 3 is 3.15 bits per heavy atom. The van der Waals surface area contributed by atoms with Gasteiger partial charge in [-0.05, 0) is 31.1 Å². The van der Waals surface area contributed by atoms with Crippen molar-refractivity contribution in [3.05, 3.63) is 66.3 Å². The van der Waals surface area contributed by atoms with Crippen molar-refractivity contribution in [3.63, 3.8) is 0 Å². The van der Waals surface area contributed by atoms with Crippen molar-refractivity contribution in [1.82, 2.24) is 19.9 Å². The average molecular weight is 266 g/mol. The third-order valence-corrected chi connectivity index (χ3v) is 2.99. The monoisotopic (exact) mass is 266 g/mol. The fourth-order valence-electron chi connectivity index (χ4n) is 2.00. The molecule has 0 saturated carbocycles. The molecule has 5 heteroatoms. The third-order valence-electron chi connectivity index (χ3n) is 2.99. The lowest BCUT2D eigenvalue weighted by molar-refractivity contribution is 0.0968. The molecular formula is C15H14N4O. The molecule has 0 radical (unpaired) electrons. The van der Waals surface area contributed by atoms with Crippen molar-refractivity contribution in [2.75, 3.05) is 0 Å². The molecule has 0 saturated heterocycles. The summed E-state index contributed by atoms with van der Waals surface area (Å²) in [4.78, 5) is 16.5. The average Bonchev–Trinajstić information content (AvgIpc) is 2.85. The number of nitrogens with zero attached hydrogens (tertiary/aromatic N) is 3. The summed E-state index contributed by atoms with van der Waals surface area (Å²) in [6.07, 6.45) is 16.8. The summed E-state index contributed by atoms with van der Waals surface area (Å²) in [5, 5.41) is 6.98. The lowest BCUT2D eigenvalue weighted by Gasteiger charge is -2.05.